The van der Waals surface area contributed by atoms with Crippen molar-refractivity contribution in [3.8, 4) is 11.5 Å². The number of carbonyl (C=O) groups excluding carboxylic acids is 1. The van der Waals surface area contributed by atoms with E-state index in [1.54, 1.807) is 60.7 Å². The minimum absolute atomic E-state index is 0.109. The molecule has 8 heteroatoms. The second kappa shape index (κ2) is 9.53. The molecule has 0 fully saturated rings. The largest absolute Gasteiger partial charge is 0.497 e. The zero-order valence-electron chi connectivity index (χ0n) is 17.5. The lowest BCUT2D eigenvalue weighted by atomic mass is 10.2. The van der Waals surface area contributed by atoms with E-state index in [1.165, 1.54) is 20.3 Å². The van der Waals surface area contributed by atoms with Crippen molar-refractivity contribution in [2.75, 3.05) is 30.4 Å². The normalized spacial score (nSPS) is 10.9. The van der Waals surface area contributed by atoms with Crippen molar-refractivity contribution in [2.45, 2.75) is 11.8 Å². The molecule has 7 nitrogen and oxygen atoms in total. The molecule has 3 rings (SSSR count). The number of hydrogen-bond acceptors (Lipinski definition) is 5. The molecule has 0 saturated carbocycles. The fourth-order valence-corrected chi connectivity index (χ4v) is 4.52. The van der Waals surface area contributed by atoms with Gasteiger partial charge in [-0.2, -0.15) is 0 Å². The van der Waals surface area contributed by atoms with Gasteiger partial charge in [-0.3, -0.25) is 9.10 Å². The molecule has 0 aliphatic rings. The summed E-state index contributed by atoms with van der Waals surface area (Å²) in [5.41, 5.74) is 1.66. The van der Waals surface area contributed by atoms with E-state index < -0.39 is 22.5 Å². The van der Waals surface area contributed by atoms with E-state index in [2.05, 4.69) is 5.32 Å². The highest BCUT2D eigenvalue weighted by Crippen LogP contribution is 2.26. The summed E-state index contributed by atoms with van der Waals surface area (Å²) in [6.45, 7) is 1.41. The number of carbonyl (C=O) groups is 1. The van der Waals surface area contributed by atoms with Crippen LogP contribution < -0.4 is 19.1 Å². The topological polar surface area (TPSA) is 84.9 Å². The molecule has 0 aromatic heterocycles. The average Bonchev–Trinajstić information content (AvgIpc) is 2.77. The Morgan fingerprint density at radius 1 is 0.903 bits per heavy atom. The Morgan fingerprint density at radius 3 is 2.23 bits per heavy atom. The zero-order valence-corrected chi connectivity index (χ0v) is 18.3. The Morgan fingerprint density at radius 2 is 1.58 bits per heavy atom. The maximum atomic E-state index is 13.4. The van der Waals surface area contributed by atoms with Crippen LogP contribution in [-0.4, -0.2) is 35.1 Å². The van der Waals surface area contributed by atoms with Gasteiger partial charge in [0.15, 0.2) is 0 Å². The smallest absolute Gasteiger partial charge is 0.264 e. The number of amides is 1. The van der Waals surface area contributed by atoms with Gasteiger partial charge in [-0.25, -0.2) is 8.42 Å². The fraction of sp³-hybridized carbons (Fsp3) is 0.174. The van der Waals surface area contributed by atoms with Gasteiger partial charge in [-0.05, 0) is 61.0 Å². The summed E-state index contributed by atoms with van der Waals surface area (Å²) in [6.07, 6.45) is 0. The highest BCUT2D eigenvalue weighted by atomic mass is 32.2. The van der Waals surface area contributed by atoms with Gasteiger partial charge in [0, 0.05) is 11.8 Å². The summed E-state index contributed by atoms with van der Waals surface area (Å²) in [7, 11) is -0.935. The molecule has 0 radical (unpaired) electrons. The standard InChI is InChI=1S/C23H24N2O5S/c1-17-6-4-9-22(14-17)31(27,28)25(19-10-12-20(29-2)13-11-19)16-23(26)24-18-7-5-8-21(15-18)30-3/h4-15H,16H2,1-3H3,(H,24,26). The van der Waals surface area contributed by atoms with Crippen LogP contribution in [0.1, 0.15) is 5.56 Å². The van der Waals surface area contributed by atoms with Gasteiger partial charge >= 0.3 is 0 Å². The van der Waals surface area contributed by atoms with Crippen LogP contribution in [0.3, 0.4) is 0 Å². The average molecular weight is 441 g/mol. The number of nitrogens with zero attached hydrogens (tertiary/aromatic N) is 1. The van der Waals surface area contributed by atoms with E-state index in [9.17, 15) is 13.2 Å². The van der Waals surface area contributed by atoms with Gasteiger partial charge < -0.3 is 14.8 Å². The highest BCUT2D eigenvalue weighted by Gasteiger charge is 2.27. The highest BCUT2D eigenvalue weighted by molar-refractivity contribution is 7.92. The Bertz CT molecular complexity index is 1160. The van der Waals surface area contributed by atoms with Gasteiger partial charge in [0.05, 0.1) is 24.8 Å². The molecule has 3 aromatic carbocycles. The van der Waals surface area contributed by atoms with Gasteiger partial charge in [-0.15, -0.1) is 0 Å². The molecule has 0 saturated heterocycles. The molecular weight excluding hydrogens is 416 g/mol. The molecule has 3 aromatic rings. The molecule has 0 aliphatic heterocycles. The number of sulfonamides is 1. The molecule has 0 unspecified atom stereocenters. The van der Waals surface area contributed by atoms with Gasteiger partial charge in [-0.1, -0.05) is 18.2 Å². The van der Waals surface area contributed by atoms with E-state index in [-0.39, 0.29) is 4.90 Å². The quantitative estimate of drug-likeness (QED) is 0.575. The van der Waals surface area contributed by atoms with Crippen LogP contribution in [0.15, 0.2) is 77.7 Å². The number of benzene rings is 3. The zero-order chi connectivity index (χ0) is 22.4. The van der Waals surface area contributed by atoms with E-state index in [4.69, 9.17) is 9.47 Å². The van der Waals surface area contributed by atoms with Crippen LogP contribution in [0, 0.1) is 6.92 Å². The summed E-state index contributed by atoms with van der Waals surface area (Å²) < 4.78 is 38.2. The Balaban J connectivity index is 1.94. The lowest BCUT2D eigenvalue weighted by Crippen LogP contribution is -2.38. The number of hydrogen-bond donors (Lipinski definition) is 1. The van der Waals surface area contributed by atoms with Crippen molar-refractivity contribution in [1.82, 2.24) is 0 Å². The molecule has 162 valence electrons. The monoisotopic (exact) mass is 440 g/mol. The summed E-state index contributed by atoms with van der Waals surface area (Å²) in [4.78, 5) is 12.9. The Hall–Kier alpha value is -3.52. The van der Waals surface area contributed by atoms with Crippen LogP contribution in [-0.2, 0) is 14.8 Å². The minimum atomic E-state index is -3.99. The number of rotatable bonds is 8. The molecular formula is C23H24N2O5S. The van der Waals surface area contributed by atoms with Crippen LogP contribution in [0.2, 0.25) is 0 Å². The first kappa shape index (κ1) is 22.2. The molecule has 0 spiro atoms. The molecule has 0 aliphatic carbocycles. The predicted molar refractivity (Wildman–Crippen MR) is 120 cm³/mol. The van der Waals surface area contributed by atoms with Crippen molar-refractivity contribution in [3.05, 3.63) is 78.4 Å². The van der Waals surface area contributed by atoms with Gasteiger partial charge in [0.1, 0.15) is 18.0 Å². The van der Waals surface area contributed by atoms with Crippen molar-refractivity contribution in [2.24, 2.45) is 0 Å². The number of anilines is 2. The van der Waals surface area contributed by atoms with Crippen molar-refractivity contribution in [3.63, 3.8) is 0 Å². The second-order valence-electron chi connectivity index (χ2n) is 6.81. The SMILES string of the molecule is COc1ccc(N(CC(=O)Nc2cccc(OC)c2)S(=O)(=O)c2cccc(C)c2)cc1. The molecule has 0 bridgehead atoms. The van der Waals surface area contributed by atoms with Gasteiger partial charge in [0.2, 0.25) is 5.91 Å². The third-order valence-corrected chi connectivity index (χ3v) is 6.35. The number of nitrogens with one attached hydrogen (secondary N) is 1. The van der Waals surface area contributed by atoms with Crippen LogP contribution in [0.4, 0.5) is 11.4 Å². The number of methoxy groups -OCH3 is 2. The summed E-state index contributed by atoms with van der Waals surface area (Å²) in [5.74, 6) is 0.676. The van der Waals surface area contributed by atoms with Crippen LogP contribution in [0.5, 0.6) is 11.5 Å². The molecule has 1 N–H and O–H groups in total. The summed E-state index contributed by atoms with van der Waals surface area (Å²) in [5, 5.41) is 2.72. The van der Waals surface area contributed by atoms with E-state index >= 15 is 0 Å². The van der Waals surface area contributed by atoms with Crippen molar-refractivity contribution in [1.29, 1.82) is 0 Å². The molecule has 0 heterocycles. The van der Waals surface area contributed by atoms with E-state index in [1.807, 2.05) is 13.0 Å². The second-order valence-corrected chi connectivity index (χ2v) is 8.67. The Labute approximate surface area is 182 Å². The lowest BCUT2D eigenvalue weighted by Gasteiger charge is -2.24. The van der Waals surface area contributed by atoms with E-state index in [0.29, 0.717) is 22.9 Å². The van der Waals surface area contributed by atoms with Gasteiger partial charge in [0.25, 0.3) is 10.0 Å². The number of aryl methyl sites for hydroxylation is 1. The maximum absolute atomic E-state index is 13.4. The van der Waals surface area contributed by atoms with E-state index in [0.717, 1.165) is 9.87 Å². The summed E-state index contributed by atoms with van der Waals surface area (Å²) >= 11 is 0. The molecule has 31 heavy (non-hydrogen) atoms. The third kappa shape index (κ3) is 5.35. The maximum Gasteiger partial charge on any atom is 0.264 e. The van der Waals surface area contributed by atoms with Crippen molar-refractivity contribution >= 4 is 27.3 Å². The first-order valence-corrected chi connectivity index (χ1v) is 10.9. The first-order valence-electron chi connectivity index (χ1n) is 9.51. The third-order valence-electron chi connectivity index (χ3n) is 4.58. The summed E-state index contributed by atoms with van der Waals surface area (Å²) in [6, 6.07) is 19.9. The fourth-order valence-electron chi connectivity index (χ4n) is 3.00. The predicted octanol–water partition coefficient (Wildman–Crippen LogP) is 3.85. The van der Waals surface area contributed by atoms with Crippen molar-refractivity contribution < 1.29 is 22.7 Å². The first-order chi connectivity index (χ1) is 14.8. The number of ether oxygens (including phenoxy) is 2. The lowest BCUT2D eigenvalue weighted by molar-refractivity contribution is -0.114. The molecule has 1 amide bonds. The van der Waals surface area contributed by atoms with Crippen LogP contribution in [0.25, 0.3) is 0 Å². The van der Waals surface area contributed by atoms with Crippen LogP contribution >= 0.6 is 0 Å². The minimum Gasteiger partial charge on any atom is -0.497 e. The Kier molecular flexibility index (Phi) is 6.81. The molecule has 0 atom stereocenters.